The molecule has 102 valence electrons. The minimum atomic E-state index is -0.459. The third-order valence-electron chi connectivity index (χ3n) is 3.36. The van der Waals surface area contributed by atoms with Crippen LogP contribution < -0.4 is 0 Å². The van der Waals surface area contributed by atoms with E-state index in [9.17, 15) is 5.11 Å². The molecule has 2 aromatic rings. The van der Waals surface area contributed by atoms with Crippen LogP contribution >= 0.6 is 0 Å². The van der Waals surface area contributed by atoms with Crippen molar-refractivity contribution in [3.8, 4) is 0 Å². The molecular formula is C15H21N3O. The van der Waals surface area contributed by atoms with Crippen molar-refractivity contribution in [2.75, 3.05) is 13.6 Å². The molecule has 0 fully saturated rings. The van der Waals surface area contributed by atoms with Crippen molar-refractivity contribution in [1.82, 2.24) is 14.7 Å². The molecule has 1 aromatic heterocycles. The van der Waals surface area contributed by atoms with Crippen molar-refractivity contribution in [1.29, 1.82) is 0 Å². The average molecular weight is 259 g/mol. The first-order valence-electron chi connectivity index (χ1n) is 6.47. The lowest BCUT2D eigenvalue weighted by atomic mass is 10.1. The zero-order valence-electron chi connectivity index (χ0n) is 11.7. The highest BCUT2D eigenvalue weighted by molar-refractivity contribution is 5.18. The van der Waals surface area contributed by atoms with Crippen molar-refractivity contribution in [2.45, 2.75) is 19.6 Å². The van der Waals surface area contributed by atoms with Crippen LogP contribution in [0.3, 0.4) is 0 Å². The first-order chi connectivity index (χ1) is 9.08. The topological polar surface area (TPSA) is 41.3 Å². The lowest BCUT2D eigenvalue weighted by molar-refractivity contribution is 0.122. The van der Waals surface area contributed by atoms with Gasteiger partial charge in [0.1, 0.15) is 0 Å². The molecule has 1 atom stereocenters. The molecule has 0 saturated heterocycles. The standard InChI is InChI=1S/C15H21N3O/c1-12-9-16-18(3)14(12)10-17(2)11-15(19)13-7-5-4-6-8-13/h4-9,15,19H,10-11H2,1-3H3/t15-/m0/s1. The van der Waals surface area contributed by atoms with Crippen LogP contribution in [0.5, 0.6) is 0 Å². The van der Waals surface area contributed by atoms with Gasteiger partial charge in [-0.1, -0.05) is 30.3 Å². The summed E-state index contributed by atoms with van der Waals surface area (Å²) in [6.07, 6.45) is 1.41. The maximum atomic E-state index is 10.2. The summed E-state index contributed by atoms with van der Waals surface area (Å²) < 4.78 is 1.89. The van der Waals surface area contributed by atoms with Gasteiger partial charge in [-0.05, 0) is 25.1 Å². The summed E-state index contributed by atoms with van der Waals surface area (Å²) in [6.45, 7) is 3.45. The molecule has 0 aliphatic heterocycles. The number of benzene rings is 1. The van der Waals surface area contributed by atoms with Gasteiger partial charge in [0.05, 0.1) is 18.0 Å². The van der Waals surface area contributed by atoms with Gasteiger partial charge < -0.3 is 5.11 Å². The highest BCUT2D eigenvalue weighted by Gasteiger charge is 2.13. The Balaban J connectivity index is 1.97. The van der Waals surface area contributed by atoms with Crippen LogP contribution in [0.2, 0.25) is 0 Å². The summed E-state index contributed by atoms with van der Waals surface area (Å²) in [5.41, 5.74) is 3.32. The van der Waals surface area contributed by atoms with Gasteiger partial charge in [0.15, 0.2) is 0 Å². The SMILES string of the molecule is Cc1cnn(C)c1CN(C)C[C@H](O)c1ccccc1. The predicted molar refractivity (Wildman–Crippen MR) is 75.7 cm³/mol. The number of rotatable bonds is 5. The van der Waals surface area contributed by atoms with Crippen LogP contribution in [-0.2, 0) is 13.6 Å². The molecule has 4 nitrogen and oxygen atoms in total. The van der Waals surface area contributed by atoms with Crippen LogP contribution in [0.15, 0.2) is 36.5 Å². The number of hydrogen-bond donors (Lipinski definition) is 1. The number of aliphatic hydroxyl groups is 1. The largest absolute Gasteiger partial charge is 0.387 e. The van der Waals surface area contributed by atoms with Crippen molar-refractivity contribution >= 4 is 0 Å². The van der Waals surface area contributed by atoms with Crippen molar-refractivity contribution in [3.63, 3.8) is 0 Å². The summed E-state index contributed by atoms with van der Waals surface area (Å²) >= 11 is 0. The Labute approximate surface area is 114 Å². The fourth-order valence-corrected chi connectivity index (χ4v) is 2.20. The van der Waals surface area contributed by atoms with E-state index < -0.39 is 6.10 Å². The summed E-state index contributed by atoms with van der Waals surface area (Å²) in [7, 11) is 3.96. The van der Waals surface area contributed by atoms with Crippen LogP contribution in [0, 0.1) is 6.92 Å². The van der Waals surface area contributed by atoms with Gasteiger partial charge in [-0.3, -0.25) is 9.58 Å². The van der Waals surface area contributed by atoms with Crippen LogP contribution in [0.4, 0.5) is 0 Å². The van der Waals surface area contributed by atoms with Crippen LogP contribution in [0.1, 0.15) is 22.9 Å². The Morgan fingerprint density at radius 2 is 2.00 bits per heavy atom. The fourth-order valence-electron chi connectivity index (χ4n) is 2.20. The molecule has 4 heteroatoms. The van der Waals surface area contributed by atoms with E-state index in [1.807, 2.05) is 55.3 Å². The highest BCUT2D eigenvalue weighted by atomic mass is 16.3. The average Bonchev–Trinajstić information content (AvgIpc) is 2.71. The number of aliphatic hydroxyl groups excluding tert-OH is 1. The molecule has 1 aromatic carbocycles. The zero-order chi connectivity index (χ0) is 13.8. The second kappa shape index (κ2) is 5.99. The van der Waals surface area contributed by atoms with Gasteiger partial charge >= 0.3 is 0 Å². The van der Waals surface area contributed by atoms with Gasteiger partial charge in [0.25, 0.3) is 0 Å². The lowest BCUT2D eigenvalue weighted by Crippen LogP contribution is -2.25. The van der Waals surface area contributed by atoms with Crippen molar-refractivity contribution in [3.05, 3.63) is 53.3 Å². The zero-order valence-corrected chi connectivity index (χ0v) is 11.7. The summed E-state index contributed by atoms with van der Waals surface area (Å²) in [5, 5.41) is 14.4. The molecular weight excluding hydrogens is 238 g/mol. The monoisotopic (exact) mass is 259 g/mol. The van der Waals surface area contributed by atoms with E-state index in [0.29, 0.717) is 6.54 Å². The van der Waals surface area contributed by atoms with E-state index in [-0.39, 0.29) is 0 Å². The third kappa shape index (κ3) is 3.43. The van der Waals surface area contributed by atoms with Crippen molar-refractivity contribution in [2.24, 2.45) is 7.05 Å². The van der Waals surface area contributed by atoms with Gasteiger partial charge in [-0.2, -0.15) is 5.10 Å². The number of hydrogen-bond acceptors (Lipinski definition) is 3. The Kier molecular flexibility index (Phi) is 4.35. The summed E-state index contributed by atoms with van der Waals surface area (Å²) in [6, 6.07) is 9.76. The number of nitrogens with zero attached hydrogens (tertiary/aromatic N) is 3. The van der Waals surface area contributed by atoms with E-state index in [4.69, 9.17) is 0 Å². The van der Waals surface area contributed by atoms with E-state index in [2.05, 4.69) is 16.9 Å². The molecule has 0 radical (unpaired) electrons. The van der Waals surface area contributed by atoms with Crippen molar-refractivity contribution < 1.29 is 5.11 Å². The molecule has 0 aliphatic rings. The van der Waals surface area contributed by atoms with E-state index in [1.54, 1.807) is 0 Å². The second-order valence-electron chi connectivity index (χ2n) is 5.02. The fraction of sp³-hybridized carbons (Fsp3) is 0.400. The van der Waals surface area contributed by atoms with Crippen LogP contribution in [-0.4, -0.2) is 33.4 Å². The maximum absolute atomic E-state index is 10.2. The predicted octanol–water partition coefficient (Wildman–Crippen LogP) is 1.89. The lowest BCUT2D eigenvalue weighted by Gasteiger charge is -2.21. The molecule has 0 spiro atoms. The Bertz CT molecular complexity index is 502. The molecule has 0 unspecified atom stereocenters. The van der Waals surface area contributed by atoms with E-state index >= 15 is 0 Å². The first kappa shape index (κ1) is 13.8. The second-order valence-corrected chi connectivity index (χ2v) is 5.02. The minimum Gasteiger partial charge on any atom is -0.387 e. The summed E-state index contributed by atoms with van der Waals surface area (Å²) in [5.74, 6) is 0. The molecule has 1 N–H and O–H groups in total. The summed E-state index contributed by atoms with van der Waals surface area (Å²) in [4.78, 5) is 2.11. The Morgan fingerprint density at radius 3 is 2.58 bits per heavy atom. The smallest absolute Gasteiger partial charge is 0.0916 e. The van der Waals surface area contributed by atoms with Gasteiger partial charge in [0.2, 0.25) is 0 Å². The van der Waals surface area contributed by atoms with E-state index in [1.165, 1.54) is 11.3 Å². The van der Waals surface area contributed by atoms with Crippen LogP contribution in [0.25, 0.3) is 0 Å². The number of aromatic nitrogens is 2. The first-order valence-corrected chi connectivity index (χ1v) is 6.47. The third-order valence-corrected chi connectivity index (χ3v) is 3.36. The number of aryl methyl sites for hydroxylation is 2. The molecule has 19 heavy (non-hydrogen) atoms. The molecule has 1 heterocycles. The molecule has 2 rings (SSSR count). The Morgan fingerprint density at radius 1 is 1.32 bits per heavy atom. The molecule has 0 bridgehead atoms. The maximum Gasteiger partial charge on any atom is 0.0916 e. The molecule has 0 aliphatic carbocycles. The minimum absolute atomic E-state index is 0.459. The number of likely N-dealkylation sites (N-methyl/N-ethyl adjacent to an activating group) is 1. The van der Waals surface area contributed by atoms with Gasteiger partial charge in [0, 0.05) is 20.1 Å². The molecule has 0 saturated carbocycles. The van der Waals surface area contributed by atoms with Gasteiger partial charge in [-0.25, -0.2) is 0 Å². The molecule has 0 amide bonds. The quantitative estimate of drug-likeness (QED) is 0.891. The highest BCUT2D eigenvalue weighted by Crippen LogP contribution is 2.15. The van der Waals surface area contributed by atoms with Gasteiger partial charge in [-0.15, -0.1) is 0 Å². The normalized spacial score (nSPS) is 12.9. The van der Waals surface area contributed by atoms with E-state index in [0.717, 1.165) is 12.1 Å². The Hall–Kier alpha value is -1.65.